The fourth-order valence-electron chi connectivity index (χ4n) is 1.19. The van der Waals surface area contributed by atoms with Gasteiger partial charge in [0.25, 0.3) is 0 Å². The molecule has 0 radical (unpaired) electrons. The van der Waals surface area contributed by atoms with Gasteiger partial charge in [-0.25, -0.2) is 17.5 Å². The fraction of sp³-hybridized carbons (Fsp3) is 0.400. The van der Waals surface area contributed by atoms with Crippen molar-refractivity contribution in [2.75, 3.05) is 7.11 Å². The van der Waals surface area contributed by atoms with Crippen LogP contribution in [0.15, 0.2) is 23.1 Å². The molecule has 0 spiro atoms. The summed E-state index contributed by atoms with van der Waals surface area (Å²) in [5.41, 5.74) is 0. The molecule has 0 saturated carbocycles. The van der Waals surface area contributed by atoms with Gasteiger partial charge in [0, 0.05) is 12.1 Å². The minimum absolute atomic E-state index is 0.0144. The molecule has 0 aliphatic carbocycles. The number of hydrogen-bond acceptors (Lipinski definition) is 3. The Morgan fingerprint density at radius 1 is 1.38 bits per heavy atom. The molecule has 90 valence electrons. The summed E-state index contributed by atoms with van der Waals surface area (Å²) in [7, 11) is -2.32. The molecule has 0 saturated heterocycles. The number of rotatable bonds is 4. The molecule has 16 heavy (non-hydrogen) atoms. The maximum atomic E-state index is 13.1. The summed E-state index contributed by atoms with van der Waals surface area (Å²) in [6.45, 7) is 3.41. The number of methoxy groups -OCH3 is 1. The van der Waals surface area contributed by atoms with Crippen LogP contribution >= 0.6 is 0 Å². The van der Waals surface area contributed by atoms with E-state index < -0.39 is 15.8 Å². The van der Waals surface area contributed by atoms with Crippen molar-refractivity contribution in [1.82, 2.24) is 4.72 Å². The average molecular weight is 247 g/mol. The highest BCUT2D eigenvalue weighted by Crippen LogP contribution is 2.21. The van der Waals surface area contributed by atoms with Gasteiger partial charge in [-0.1, -0.05) is 0 Å². The van der Waals surface area contributed by atoms with Crippen LogP contribution in [0.1, 0.15) is 13.8 Å². The number of hydrogen-bond donors (Lipinski definition) is 1. The maximum Gasteiger partial charge on any atom is 0.240 e. The molecular weight excluding hydrogens is 233 g/mol. The van der Waals surface area contributed by atoms with Gasteiger partial charge in [0.1, 0.15) is 0 Å². The zero-order chi connectivity index (χ0) is 12.3. The Labute approximate surface area is 94.5 Å². The quantitative estimate of drug-likeness (QED) is 0.877. The molecule has 0 fully saturated rings. The molecule has 0 atom stereocenters. The smallest absolute Gasteiger partial charge is 0.240 e. The largest absolute Gasteiger partial charge is 0.494 e. The Bertz CT molecular complexity index is 471. The lowest BCUT2D eigenvalue weighted by Gasteiger charge is -2.10. The Hall–Kier alpha value is -1.14. The summed E-state index contributed by atoms with van der Waals surface area (Å²) in [6.07, 6.45) is 0. The number of benzene rings is 1. The van der Waals surface area contributed by atoms with Gasteiger partial charge in [-0.15, -0.1) is 0 Å². The van der Waals surface area contributed by atoms with Crippen LogP contribution in [0.2, 0.25) is 0 Å². The second-order valence-corrected chi connectivity index (χ2v) is 5.29. The lowest BCUT2D eigenvalue weighted by molar-refractivity contribution is 0.385. The van der Waals surface area contributed by atoms with E-state index in [9.17, 15) is 12.8 Å². The molecule has 1 N–H and O–H groups in total. The van der Waals surface area contributed by atoms with E-state index in [4.69, 9.17) is 4.74 Å². The van der Waals surface area contributed by atoms with Crippen molar-refractivity contribution in [3.63, 3.8) is 0 Å². The molecular formula is C10H14FNO3S. The minimum atomic E-state index is -3.61. The van der Waals surface area contributed by atoms with Gasteiger partial charge in [-0.3, -0.25) is 0 Å². The van der Waals surface area contributed by atoms with Crippen molar-refractivity contribution in [1.29, 1.82) is 0 Å². The minimum Gasteiger partial charge on any atom is -0.494 e. The van der Waals surface area contributed by atoms with Crippen molar-refractivity contribution >= 4 is 10.0 Å². The maximum absolute atomic E-state index is 13.1. The van der Waals surface area contributed by atoms with Crippen molar-refractivity contribution in [2.45, 2.75) is 24.8 Å². The van der Waals surface area contributed by atoms with Gasteiger partial charge >= 0.3 is 0 Å². The molecule has 0 unspecified atom stereocenters. The molecule has 6 heteroatoms. The second-order valence-electron chi connectivity index (χ2n) is 3.57. The van der Waals surface area contributed by atoms with Gasteiger partial charge in [-0.05, 0) is 26.0 Å². The Kier molecular flexibility index (Phi) is 3.88. The van der Waals surface area contributed by atoms with Crippen LogP contribution < -0.4 is 9.46 Å². The van der Waals surface area contributed by atoms with Crippen LogP contribution in [0.4, 0.5) is 4.39 Å². The third-order valence-corrected chi connectivity index (χ3v) is 3.48. The van der Waals surface area contributed by atoms with Crippen LogP contribution in [0, 0.1) is 5.82 Å². The van der Waals surface area contributed by atoms with Crippen molar-refractivity contribution in [2.24, 2.45) is 0 Å². The van der Waals surface area contributed by atoms with E-state index in [0.29, 0.717) is 0 Å². The molecule has 0 aliphatic rings. The molecule has 4 nitrogen and oxygen atoms in total. The highest BCUT2D eigenvalue weighted by molar-refractivity contribution is 7.89. The van der Waals surface area contributed by atoms with E-state index in [-0.39, 0.29) is 16.7 Å². The van der Waals surface area contributed by atoms with Crippen molar-refractivity contribution < 1.29 is 17.5 Å². The first-order chi connectivity index (χ1) is 7.36. The van der Waals surface area contributed by atoms with Gasteiger partial charge in [0.05, 0.1) is 12.0 Å². The topological polar surface area (TPSA) is 55.4 Å². The Balaban J connectivity index is 3.14. The molecule has 0 heterocycles. The van der Waals surface area contributed by atoms with Crippen molar-refractivity contribution in [3.8, 4) is 5.75 Å². The van der Waals surface area contributed by atoms with Crippen LogP contribution in [0.5, 0.6) is 5.75 Å². The molecule has 1 rings (SSSR count). The van der Waals surface area contributed by atoms with Crippen LogP contribution in [-0.2, 0) is 10.0 Å². The third kappa shape index (κ3) is 2.93. The Morgan fingerprint density at radius 3 is 2.50 bits per heavy atom. The summed E-state index contributed by atoms with van der Waals surface area (Å²) < 4.78 is 43.7. The molecule has 1 aromatic carbocycles. The summed E-state index contributed by atoms with van der Waals surface area (Å²) in [4.78, 5) is -0.0144. The van der Waals surface area contributed by atoms with E-state index in [1.807, 2.05) is 0 Å². The number of ether oxygens (including phenoxy) is 1. The highest BCUT2D eigenvalue weighted by atomic mass is 32.2. The molecule has 0 amide bonds. The van der Waals surface area contributed by atoms with Gasteiger partial charge in [0.15, 0.2) is 11.6 Å². The van der Waals surface area contributed by atoms with Crippen LogP contribution in [0.25, 0.3) is 0 Å². The first-order valence-corrected chi connectivity index (χ1v) is 6.21. The Morgan fingerprint density at radius 2 is 2.00 bits per heavy atom. The van der Waals surface area contributed by atoms with E-state index in [0.717, 1.165) is 12.1 Å². The molecule has 0 aliphatic heterocycles. The van der Waals surface area contributed by atoms with Crippen LogP contribution in [0.3, 0.4) is 0 Å². The van der Waals surface area contributed by atoms with E-state index >= 15 is 0 Å². The summed E-state index contributed by atoms with van der Waals surface area (Å²) >= 11 is 0. The first-order valence-electron chi connectivity index (χ1n) is 4.72. The lowest BCUT2D eigenvalue weighted by Crippen LogP contribution is -2.30. The summed E-state index contributed by atoms with van der Waals surface area (Å²) in [5.74, 6) is -0.683. The molecule has 0 bridgehead atoms. The van der Waals surface area contributed by atoms with E-state index in [1.165, 1.54) is 13.2 Å². The fourth-order valence-corrected chi connectivity index (χ4v) is 2.45. The highest BCUT2D eigenvalue weighted by Gasteiger charge is 2.17. The number of nitrogens with one attached hydrogen (secondary N) is 1. The predicted octanol–water partition coefficient (Wildman–Crippen LogP) is 1.52. The molecule has 0 aromatic heterocycles. The van der Waals surface area contributed by atoms with Crippen molar-refractivity contribution in [3.05, 3.63) is 24.0 Å². The zero-order valence-corrected chi connectivity index (χ0v) is 10.1. The van der Waals surface area contributed by atoms with E-state index in [2.05, 4.69) is 4.72 Å². The monoisotopic (exact) mass is 247 g/mol. The number of sulfonamides is 1. The first kappa shape index (κ1) is 12.9. The average Bonchev–Trinajstić information content (AvgIpc) is 2.16. The lowest BCUT2D eigenvalue weighted by atomic mass is 10.3. The van der Waals surface area contributed by atoms with E-state index in [1.54, 1.807) is 13.8 Å². The van der Waals surface area contributed by atoms with Crippen LogP contribution in [-0.4, -0.2) is 21.6 Å². The standard InChI is InChI=1S/C10H14FNO3S/c1-7(2)12-16(13,14)8-4-5-9(11)10(6-8)15-3/h4-7,12H,1-3H3. The second kappa shape index (κ2) is 4.80. The zero-order valence-electron chi connectivity index (χ0n) is 9.32. The van der Waals surface area contributed by atoms with Gasteiger partial charge in [-0.2, -0.15) is 0 Å². The van der Waals surface area contributed by atoms with Gasteiger partial charge in [0.2, 0.25) is 10.0 Å². The molecule has 1 aromatic rings. The predicted molar refractivity (Wildman–Crippen MR) is 58.4 cm³/mol. The SMILES string of the molecule is COc1cc(S(=O)(=O)NC(C)C)ccc1F. The third-order valence-electron chi connectivity index (χ3n) is 1.82. The summed E-state index contributed by atoms with van der Waals surface area (Å²) in [6, 6.07) is 3.19. The number of halogens is 1. The normalized spacial score (nSPS) is 11.8. The summed E-state index contributed by atoms with van der Waals surface area (Å²) in [5, 5.41) is 0. The van der Waals surface area contributed by atoms with Gasteiger partial charge < -0.3 is 4.74 Å².